The van der Waals surface area contributed by atoms with Gasteiger partial charge in [-0.25, -0.2) is 9.69 Å². The Bertz CT molecular complexity index is 1060. The lowest BCUT2D eigenvalue weighted by molar-refractivity contribution is -0.122. The zero-order chi connectivity index (χ0) is 22.5. The summed E-state index contributed by atoms with van der Waals surface area (Å²) in [6.45, 7) is 6.51. The molecular formula is C23H23BrN2O5. The van der Waals surface area contributed by atoms with Crippen LogP contribution in [0.2, 0.25) is 0 Å². The molecule has 31 heavy (non-hydrogen) atoms. The zero-order valence-electron chi connectivity index (χ0n) is 17.5. The number of anilines is 1. The van der Waals surface area contributed by atoms with Crippen LogP contribution in [0, 0.1) is 0 Å². The van der Waals surface area contributed by atoms with Gasteiger partial charge in [0.05, 0.1) is 23.4 Å². The van der Waals surface area contributed by atoms with Crippen LogP contribution in [-0.4, -0.2) is 31.1 Å². The molecule has 0 atom stereocenters. The molecule has 0 aromatic heterocycles. The van der Waals surface area contributed by atoms with Crippen LogP contribution in [-0.2, 0) is 16.0 Å². The summed E-state index contributed by atoms with van der Waals surface area (Å²) in [5.41, 5.74) is 1.68. The van der Waals surface area contributed by atoms with Crippen LogP contribution < -0.4 is 19.7 Å². The maximum Gasteiger partial charge on any atom is 0.335 e. The van der Waals surface area contributed by atoms with Crippen molar-refractivity contribution in [2.45, 2.75) is 27.2 Å². The topological polar surface area (TPSA) is 84.9 Å². The Balaban J connectivity index is 2.06. The number of rotatable bonds is 7. The standard InChI is InChI=1S/C23H23BrN2O5/c1-4-15-9-7-8-10-18(15)26-22(28)16(21(27)25-23(26)29)11-14-12-17(24)20(31-6-3)19(13-14)30-5-2/h7-13H,4-6H2,1-3H3,(H,25,27,29)/b16-11-. The van der Waals surface area contributed by atoms with Crippen molar-refractivity contribution >= 4 is 45.5 Å². The summed E-state index contributed by atoms with van der Waals surface area (Å²) in [5, 5.41) is 2.26. The molecule has 0 aliphatic carbocycles. The van der Waals surface area contributed by atoms with E-state index in [0.29, 0.717) is 46.9 Å². The highest BCUT2D eigenvalue weighted by atomic mass is 79.9. The molecule has 1 saturated heterocycles. The third-order valence-corrected chi connectivity index (χ3v) is 5.24. The number of imide groups is 2. The number of barbiturate groups is 1. The van der Waals surface area contributed by atoms with Gasteiger partial charge in [-0.2, -0.15) is 0 Å². The van der Waals surface area contributed by atoms with Gasteiger partial charge in [0.1, 0.15) is 5.57 Å². The number of amides is 4. The van der Waals surface area contributed by atoms with Crippen LogP contribution in [0.1, 0.15) is 31.9 Å². The summed E-state index contributed by atoms with van der Waals surface area (Å²) in [5.74, 6) is -0.404. The van der Waals surface area contributed by atoms with E-state index in [0.717, 1.165) is 10.5 Å². The average molecular weight is 487 g/mol. The highest BCUT2D eigenvalue weighted by molar-refractivity contribution is 9.10. The number of hydrogen-bond donors (Lipinski definition) is 1. The Morgan fingerprint density at radius 1 is 1.03 bits per heavy atom. The number of halogens is 1. The largest absolute Gasteiger partial charge is 0.490 e. The molecule has 1 aliphatic heterocycles. The molecule has 0 bridgehead atoms. The van der Waals surface area contributed by atoms with E-state index in [1.54, 1.807) is 24.3 Å². The van der Waals surface area contributed by atoms with Crippen molar-refractivity contribution in [1.29, 1.82) is 0 Å². The smallest absolute Gasteiger partial charge is 0.335 e. The number of nitrogens with one attached hydrogen (secondary N) is 1. The third kappa shape index (κ3) is 4.64. The van der Waals surface area contributed by atoms with Gasteiger partial charge < -0.3 is 9.47 Å². The van der Waals surface area contributed by atoms with E-state index in [4.69, 9.17) is 9.47 Å². The number of carbonyl (C=O) groups is 3. The molecule has 1 aliphatic rings. The van der Waals surface area contributed by atoms with Gasteiger partial charge in [-0.15, -0.1) is 0 Å². The van der Waals surface area contributed by atoms with Crippen molar-refractivity contribution in [2.24, 2.45) is 0 Å². The van der Waals surface area contributed by atoms with Crippen molar-refractivity contribution in [3.8, 4) is 11.5 Å². The number of ether oxygens (including phenoxy) is 2. The second-order valence-electron chi connectivity index (χ2n) is 6.64. The SMILES string of the molecule is CCOc1cc(/C=C2/C(=O)NC(=O)N(c3ccccc3CC)C2=O)cc(Br)c1OCC. The van der Waals surface area contributed by atoms with Crippen LogP contribution in [0.4, 0.5) is 10.5 Å². The molecule has 0 spiro atoms. The summed E-state index contributed by atoms with van der Waals surface area (Å²) >= 11 is 3.46. The van der Waals surface area contributed by atoms with Crippen LogP contribution in [0.3, 0.4) is 0 Å². The number of aryl methyl sites for hydroxylation is 1. The van der Waals surface area contributed by atoms with E-state index in [2.05, 4.69) is 21.2 Å². The Kier molecular flexibility index (Phi) is 7.12. The van der Waals surface area contributed by atoms with E-state index in [1.807, 2.05) is 32.9 Å². The highest BCUT2D eigenvalue weighted by Gasteiger charge is 2.37. The minimum absolute atomic E-state index is 0.149. The van der Waals surface area contributed by atoms with Gasteiger partial charge >= 0.3 is 6.03 Å². The van der Waals surface area contributed by atoms with Gasteiger partial charge in [0.25, 0.3) is 11.8 Å². The van der Waals surface area contributed by atoms with E-state index in [9.17, 15) is 14.4 Å². The molecule has 8 heteroatoms. The van der Waals surface area contributed by atoms with Gasteiger partial charge in [0, 0.05) is 0 Å². The quantitative estimate of drug-likeness (QED) is 0.460. The zero-order valence-corrected chi connectivity index (χ0v) is 19.1. The summed E-state index contributed by atoms with van der Waals surface area (Å²) < 4.78 is 11.9. The fraction of sp³-hybridized carbons (Fsp3) is 0.261. The summed E-state index contributed by atoms with van der Waals surface area (Å²) in [7, 11) is 0. The van der Waals surface area contributed by atoms with Gasteiger partial charge in [0.15, 0.2) is 11.5 Å². The Hall–Kier alpha value is -3.13. The molecule has 1 fully saturated rings. The maximum atomic E-state index is 13.2. The van der Waals surface area contributed by atoms with E-state index in [-0.39, 0.29) is 5.57 Å². The van der Waals surface area contributed by atoms with Crippen molar-refractivity contribution in [2.75, 3.05) is 18.1 Å². The predicted molar refractivity (Wildman–Crippen MR) is 121 cm³/mol. The Labute approximate surface area is 189 Å². The molecule has 0 saturated carbocycles. The molecule has 3 rings (SSSR count). The van der Waals surface area contributed by atoms with E-state index >= 15 is 0 Å². The predicted octanol–water partition coefficient (Wildman–Crippen LogP) is 4.48. The van der Waals surface area contributed by atoms with Crippen molar-refractivity contribution in [3.05, 3.63) is 57.6 Å². The fourth-order valence-electron chi connectivity index (χ4n) is 3.29. The van der Waals surface area contributed by atoms with Crippen LogP contribution in [0.25, 0.3) is 6.08 Å². The molecule has 162 valence electrons. The highest BCUT2D eigenvalue weighted by Crippen LogP contribution is 2.38. The lowest BCUT2D eigenvalue weighted by Crippen LogP contribution is -2.54. The molecular weight excluding hydrogens is 464 g/mol. The lowest BCUT2D eigenvalue weighted by atomic mass is 10.0. The summed E-state index contributed by atoms with van der Waals surface area (Å²) in [4.78, 5) is 39.2. The minimum atomic E-state index is -0.768. The van der Waals surface area contributed by atoms with Gasteiger partial charge in [-0.3, -0.25) is 14.9 Å². The van der Waals surface area contributed by atoms with E-state index in [1.165, 1.54) is 6.08 Å². The lowest BCUT2D eigenvalue weighted by Gasteiger charge is -2.28. The van der Waals surface area contributed by atoms with Crippen molar-refractivity contribution < 1.29 is 23.9 Å². The molecule has 0 radical (unpaired) electrons. The molecule has 2 aromatic rings. The third-order valence-electron chi connectivity index (χ3n) is 4.65. The second kappa shape index (κ2) is 9.78. The first-order valence-electron chi connectivity index (χ1n) is 9.99. The second-order valence-corrected chi connectivity index (χ2v) is 7.49. The van der Waals surface area contributed by atoms with E-state index < -0.39 is 17.8 Å². The Morgan fingerprint density at radius 3 is 2.42 bits per heavy atom. The number of nitrogens with zero attached hydrogens (tertiary/aromatic N) is 1. The van der Waals surface area contributed by atoms with Crippen LogP contribution >= 0.6 is 15.9 Å². The minimum Gasteiger partial charge on any atom is -0.490 e. The molecule has 7 nitrogen and oxygen atoms in total. The summed E-state index contributed by atoms with van der Waals surface area (Å²) in [6, 6.07) is 9.75. The molecule has 4 amide bonds. The van der Waals surface area contributed by atoms with Gasteiger partial charge in [-0.05, 0) is 71.6 Å². The molecule has 2 aromatic carbocycles. The molecule has 0 unspecified atom stereocenters. The van der Waals surface area contributed by atoms with Gasteiger partial charge in [0.2, 0.25) is 0 Å². The number of hydrogen-bond acceptors (Lipinski definition) is 5. The molecule has 1 heterocycles. The van der Waals surface area contributed by atoms with Crippen LogP contribution in [0.5, 0.6) is 11.5 Å². The van der Waals surface area contributed by atoms with Crippen molar-refractivity contribution in [3.63, 3.8) is 0 Å². The first kappa shape index (κ1) is 22.6. The monoisotopic (exact) mass is 486 g/mol. The van der Waals surface area contributed by atoms with Crippen molar-refractivity contribution in [1.82, 2.24) is 5.32 Å². The Morgan fingerprint density at radius 2 is 1.74 bits per heavy atom. The van der Waals surface area contributed by atoms with Gasteiger partial charge in [-0.1, -0.05) is 25.1 Å². The number of carbonyl (C=O) groups excluding carboxylic acids is 3. The number of para-hydroxylation sites is 1. The van der Waals surface area contributed by atoms with Crippen LogP contribution in [0.15, 0.2) is 46.4 Å². The molecule has 1 N–H and O–H groups in total. The number of urea groups is 1. The first-order chi connectivity index (χ1) is 14.9. The first-order valence-corrected chi connectivity index (χ1v) is 10.8. The number of benzene rings is 2. The average Bonchev–Trinajstić information content (AvgIpc) is 2.74. The maximum absolute atomic E-state index is 13.2. The normalized spacial score (nSPS) is 15.3. The fourth-order valence-corrected chi connectivity index (χ4v) is 3.86. The summed E-state index contributed by atoms with van der Waals surface area (Å²) in [6.07, 6.45) is 2.07.